The average Bonchev–Trinajstić information content (AvgIpc) is 3.13. The predicted molar refractivity (Wildman–Crippen MR) is 121 cm³/mol. The SMILES string of the molecule is C1=C(c2ccccc2)N2c3ccccc3NC23CCCCC3C1c1ccccc1. The Labute approximate surface area is 172 Å². The van der Waals surface area contributed by atoms with Crippen LogP contribution in [0.15, 0.2) is 91.0 Å². The minimum absolute atomic E-state index is 0.0393. The van der Waals surface area contributed by atoms with Crippen LogP contribution in [0, 0.1) is 5.92 Å². The van der Waals surface area contributed by atoms with Crippen LogP contribution >= 0.6 is 0 Å². The van der Waals surface area contributed by atoms with Gasteiger partial charge >= 0.3 is 0 Å². The van der Waals surface area contributed by atoms with Crippen molar-refractivity contribution in [3.8, 4) is 0 Å². The molecule has 0 radical (unpaired) electrons. The number of nitrogens with zero attached hydrogens (tertiary/aromatic N) is 1. The van der Waals surface area contributed by atoms with Crippen molar-refractivity contribution in [3.63, 3.8) is 0 Å². The minimum Gasteiger partial charge on any atom is -0.360 e. The first-order valence-corrected chi connectivity index (χ1v) is 10.9. The van der Waals surface area contributed by atoms with E-state index in [1.165, 1.54) is 53.9 Å². The molecule has 144 valence electrons. The summed E-state index contributed by atoms with van der Waals surface area (Å²) in [5, 5.41) is 4.04. The summed E-state index contributed by atoms with van der Waals surface area (Å²) in [6, 6.07) is 30.9. The van der Waals surface area contributed by atoms with Crippen LogP contribution in [0.5, 0.6) is 0 Å². The van der Waals surface area contributed by atoms with Gasteiger partial charge in [-0.25, -0.2) is 0 Å². The first-order valence-electron chi connectivity index (χ1n) is 10.9. The lowest BCUT2D eigenvalue weighted by Gasteiger charge is -2.54. The second kappa shape index (κ2) is 6.52. The number of hydrogen-bond acceptors (Lipinski definition) is 2. The first-order chi connectivity index (χ1) is 14.4. The Hall–Kier alpha value is -3.00. The van der Waals surface area contributed by atoms with E-state index in [0.717, 1.165) is 0 Å². The number of anilines is 2. The maximum atomic E-state index is 4.04. The molecule has 1 N–H and O–H groups in total. The van der Waals surface area contributed by atoms with E-state index in [1.807, 2.05) is 0 Å². The van der Waals surface area contributed by atoms with E-state index in [-0.39, 0.29) is 5.66 Å². The number of allylic oxidation sites excluding steroid dienone is 1. The van der Waals surface area contributed by atoms with E-state index < -0.39 is 0 Å². The van der Waals surface area contributed by atoms with E-state index >= 15 is 0 Å². The number of hydrogen-bond donors (Lipinski definition) is 1. The van der Waals surface area contributed by atoms with Gasteiger partial charge in [0.25, 0.3) is 0 Å². The highest BCUT2D eigenvalue weighted by atomic mass is 15.4. The maximum absolute atomic E-state index is 4.04. The summed E-state index contributed by atoms with van der Waals surface area (Å²) in [5.41, 5.74) is 6.63. The van der Waals surface area contributed by atoms with Gasteiger partial charge in [0.05, 0.1) is 11.4 Å². The monoisotopic (exact) mass is 378 g/mol. The number of rotatable bonds is 2. The van der Waals surface area contributed by atoms with Gasteiger partial charge in [-0.05, 0) is 42.5 Å². The van der Waals surface area contributed by atoms with Crippen molar-refractivity contribution in [1.82, 2.24) is 0 Å². The zero-order chi connectivity index (χ0) is 19.3. The van der Waals surface area contributed by atoms with E-state index in [2.05, 4.69) is 101 Å². The quantitative estimate of drug-likeness (QED) is 0.537. The third-order valence-electron chi connectivity index (χ3n) is 7.10. The van der Waals surface area contributed by atoms with Gasteiger partial charge in [-0.15, -0.1) is 0 Å². The molecular weight excluding hydrogens is 352 g/mol. The minimum atomic E-state index is -0.0393. The predicted octanol–water partition coefficient (Wildman–Crippen LogP) is 6.64. The van der Waals surface area contributed by atoms with Crippen molar-refractivity contribution in [2.45, 2.75) is 37.3 Å². The Balaban J connectivity index is 1.61. The molecule has 2 heterocycles. The average molecular weight is 379 g/mol. The highest BCUT2D eigenvalue weighted by Gasteiger charge is 2.56. The number of para-hydroxylation sites is 2. The van der Waals surface area contributed by atoms with E-state index in [4.69, 9.17) is 0 Å². The summed E-state index contributed by atoms with van der Waals surface area (Å²) in [6.07, 6.45) is 7.58. The van der Waals surface area contributed by atoms with Crippen molar-refractivity contribution < 1.29 is 0 Å². The Morgan fingerprint density at radius 3 is 2.34 bits per heavy atom. The van der Waals surface area contributed by atoms with Crippen LogP contribution in [-0.2, 0) is 0 Å². The van der Waals surface area contributed by atoms with Crippen molar-refractivity contribution >= 4 is 17.1 Å². The van der Waals surface area contributed by atoms with Crippen LogP contribution in [0.1, 0.15) is 42.7 Å². The topological polar surface area (TPSA) is 15.3 Å². The molecule has 3 atom stereocenters. The molecule has 29 heavy (non-hydrogen) atoms. The van der Waals surface area contributed by atoms with E-state index in [0.29, 0.717) is 11.8 Å². The standard InChI is InChI=1S/C27H26N2/c1-3-11-20(12-4-1)22-19-26(21-13-5-2-6-14-21)29-25-17-8-7-16-24(25)28-27(29)18-10-9-15-23(22)27/h1-8,11-14,16-17,19,22-23,28H,9-10,15,18H2. The third kappa shape index (κ3) is 2.48. The Kier molecular flexibility index (Phi) is 3.80. The summed E-state index contributed by atoms with van der Waals surface area (Å²) >= 11 is 0. The Morgan fingerprint density at radius 2 is 1.52 bits per heavy atom. The van der Waals surface area contributed by atoms with Crippen molar-refractivity contribution in [2.24, 2.45) is 5.92 Å². The molecule has 2 nitrogen and oxygen atoms in total. The first kappa shape index (κ1) is 16.9. The second-order valence-electron chi connectivity index (χ2n) is 8.61. The molecule has 3 aromatic rings. The zero-order valence-electron chi connectivity index (χ0n) is 16.6. The second-order valence-corrected chi connectivity index (χ2v) is 8.61. The molecule has 2 aliphatic heterocycles. The van der Waals surface area contributed by atoms with Gasteiger partial charge in [-0.1, -0.05) is 85.3 Å². The molecule has 3 aliphatic rings. The molecule has 0 amide bonds. The normalized spacial score (nSPS) is 27.3. The van der Waals surface area contributed by atoms with Gasteiger partial charge in [0.2, 0.25) is 0 Å². The highest BCUT2D eigenvalue weighted by molar-refractivity contribution is 5.93. The number of benzene rings is 3. The molecular formula is C27H26N2. The van der Waals surface area contributed by atoms with Gasteiger partial charge in [0.15, 0.2) is 0 Å². The lowest BCUT2D eigenvalue weighted by Crippen LogP contribution is -2.60. The highest BCUT2D eigenvalue weighted by Crippen LogP contribution is 2.58. The molecule has 1 saturated carbocycles. The van der Waals surface area contributed by atoms with Crippen LogP contribution in [0.25, 0.3) is 5.70 Å². The molecule has 0 aromatic heterocycles. The van der Waals surface area contributed by atoms with Gasteiger partial charge < -0.3 is 10.2 Å². The molecule has 3 aromatic carbocycles. The van der Waals surface area contributed by atoms with Gasteiger partial charge in [0, 0.05) is 17.5 Å². The lowest BCUT2D eigenvalue weighted by molar-refractivity contribution is 0.198. The molecule has 1 aliphatic carbocycles. The summed E-state index contributed by atoms with van der Waals surface area (Å²) in [7, 11) is 0. The molecule has 2 heteroatoms. The largest absolute Gasteiger partial charge is 0.360 e. The fourth-order valence-electron chi connectivity index (χ4n) is 5.91. The van der Waals surface area contributed by atoms with Crippen molar-refractivity contribution in [2.75, 3.05) is 10.2 Å². The lowest BCUT2D eigenvalue weighted by atomic mass is 9.66. The van der Waals surface area contributed by atoms with Gasteiger partial charge in [0.1, 0.15) is 5.66 Å². The fraction of sp³-hybridized carbons (Fsp3) is 0.259. The van der Waals surface area contributed by atoms with Crippen LogP contribution in [0.2, 0.25) is 0 Å². The summed E-state index contributed by atoms with van der Waals surface area (Å²) in [4.78, 5) is 2.64. The molecule has 0 saturated heterocycles. The molecule has 3 unspecified atom stereocenters. The van der Waals surface area contributed by atoms with Crippen molar-refractivity contribution in [3.05, 3.63) is 102 Å². The smallest absolute Gasteiger partial charge is 0.119 e. The van der Waals surface area contributed by atoms with Gasteiger partial charge in [-0.2, -0.15) is 0 Å². The van der Waals surface area contributed by atoms with Crippen LogP contribution in [0.3, 0.4) is 0 Å². The summed E-state index contributed by atoms with van der Waals surface area (Å²) in [5.74, 6) is 0.975. The van der Waals surface area contributed by atoms with E-state index in [9.17, 15) is 0 Å². The fourth-order valence-corrected chi connectivity index (χ4v) is 5.91. The summed E-state index contributed by atoms with van der Waals surface area (Å²) < 4.78 is 0. The van der Waals surface area contributed by atoms with Crippen LogP contribution in [0.4, 0.5) is 11.4 Å². The third-order valence-corrected chi connectivity index (χ3v) is 7.10. The molecule has 6 rings (SSSR count). The Morgan fingerprint density at radius 1 is 0.793 bits per heavy atom. The molecule has 1 fully saturated rings. The molecule has 0 bridgehead atoms. The van der Waals surface area contributed by atoms with Crippen molar-refractivity contribution in [1.29, 1.82) is 0 Å². The zero-order valence-corrected chi connectivity index (χ0v) is 16.6. The molecule has 1 spiro atoms. The summed E-state index contributed by atoms with van der Waals surface area (Å²) in [6.45, 7) is 0. The number of nitrogens with one attached hydrogen (secondary N) is 1. The maximum Gasteiger partial charge on any atom is 0.119 e. The van der Waals surface area contributed by atoms with Crippen LogP contribution in [-0.4, -0.2) is 5.66 Å². The number of fused-ring (bicyclic) bond motifs is 2. The van der Waals surface area contributed by atoms with Gasteiger partial charge in [-0.3, -0.25) is 0 Å². The van der Waals surface area contributed by atoms with E-state index in [1.54, 1.807) is 0 Å². The van der Waals surface area contributed by atoms with Crippen LogP contribution < -0.4 is 10.2 Å². The Bertz CT molecular complexity index is 1060.